The van der Waals surface area contributed by atoms with E-state index in [1.54, 1.807) is 0 Å². The van der Waals surface area contributed by atoms with E-state index in [9.17, 15) is 0 Å². The molecule has 48 heavy (non-hydrogen) atoms. The molecule has 0 atom stereocenters. The van der Waals surface area contributed by atoms with E-state index in [0.717, 1.165) is 11.3 Å². The van der Waals surface area contributed by atoms with E-state index in [0.29, 0.717) is 0 Å². The average molecular weight is 648 g/mol. The van der Waals surface area contributed by atoms with Crippen LogP contribution in [0, 0.1) is 0 Å². The highest BCUT2D eigenvalue weighted by atomic mass is 28.3. The molecule has 0 saturated carbocycles. The second kappa shape index (κ2) is 14.4. The third-order valence-corrected chi connectivity index (χ3v) is 18.0. The van der Waals surface area contributed by atoms with Crippen molar-refractivity contribution in [3.05, 3.63) is 223 Å². The number of benzene rings is 6. The predicted molar refractivity (Wildman–Crippen MR) is 210 cm³/mol. The van der Waals surface area contributed by atoms with Gasteiger partial charge in [-0.05, 0) is 48.8 Å². The van der Waals surface area contributed by atoms with Crippen molar-refractivity contribution in [1.82, 2.24) is 4.98 Å². The van der Waals surface area contributed by atoms with Gasteiger partial charge in [0.1, 0.15) is 0 Å². The fraction of sp³-hybridized carbons (Fsp3) is 0. The molecule has 0 aliphatic carbocycles. The molecule has 1 heterocycles. The van der Waals surface area contributed by atoms with Gasteiger partial charge in [-0.2, -0.15) is 0 Å². The summed E-state index contributed by atoms with van der Waals surface area (Å²) in [6.45, 7) is 0. The van der Waals surface area contributed by atoms with Crippen LogP contribution in [0.25, 0.3) is 12.2 Å². The average Bonchev–Trinajstić information content (AvgIpc) is 3.18. The maximum atomic E-state index is 4.98. The first-order valence-corrected chi connectivity index (χ1v) is 20.6. The highest BCUT2D eigenvalue weighted by molar-refractivity contribution is 7.15. The Morgan fingerprint density at radius 1 is 0.312 bits per heavy atom. The maximum Gasteiger partial charge on any atom is 0.172 e. The van der Waals surface area contributed by atoms with Crippen molar-refractivity contribution < 1.29 is 0 Å². The summed E-state index contributed by atoms with van der Waals surface area (Å²) in [5.41, 5.74) is 6.95. The van der Waals surface area contributed by atoms with Crippen molar-refractivity contribution in [3.8, 4) is 0 Å². The molecule has 0 bridgehead atoms. The van der Waals surface area contributed by atoms with Gasteiger partial charge in [-0.3, -0.25) is 4.98 Å². The molecule has 0 unspecified atom stereocenters. The van der Waals surface area contributed by atoms with Crippen LogP contribution in [0.1, 0.15) is 11.3 Å². The predicted octanol–water partition coefficient (Wildman–Crippen LogP) is 6.53. The summed E-state index contributed by atoms with van der Waals surface area (Å²) in [6.07, 6.45) is 6.51. The molecule has 0 spiro atoms. The molecule has 0 radical (unpaired) electrons. The van der Waals surface area contributed by atoms with E-state index >= 15 is 0 Å². The molecule has 1 aromatic heterocycles. The fourth-order valence-electron chi connectivity index (χ4n) is 6.83. The lowest BCUT2D eigenvalue weighted by atomic mass is 10.2. The Bertz CT molecular complexity index is 1730. The van der Waals surface area contributed by atoms with Gasteiger partial charge >= 0.3 is 0 Å². The largest absolute Gasteiger partial charge is 0.256 e. The van der Waals surface area contributed by atoms with Crippen molar-refractivity contribution >= 4 is 59.4 Å². The Morgan fingerprint density at radius 3 is 0.875 bits per heavy atom. The third kappa shape index (κ3) is 6.22. The monoisotopic (exact) mass is 647 g/mol. The van der Waals surface area contributed by atoms with Crippen LogP contribution >= 0.6 is 0 Å². The van der Waals surface area contributed by atoms with Gasteiger partial charge < -0.3 is 0 Å². The number of aromatic nitrogens is 1. The third-order valence-electron chi connectivity index (χ3n) is 9.21. The number of hydrogen-bond acceptors (Lipinski definition) is 1. The maximum absolute atomic E-state index is 4.98. The summed E-state index contributed by atoms with van der Waals surface area (Å²) in [5, 5.41) is 8.12. The van der Waals surface area contributed by atoms with Gasteiger partial charge in [-0.25, -0.2) is 0 Å². The van der Waals surface area contributed by atoms with Crippen LogP contribution < -0.4 is 31.1 Å². The van der Waals surface area contributed by atoms with Crippen molar-refractivity contribution in [2.24, 2.45) is 0 Å². The zero-order valence-electron chi connectivity index (χ0n) is 26.8. The summed E-state index contributed by atoms with van der Waals surface area (Å²) in [6, 6.07) is 70.2. The van der Waals surface area contributed by atoms with Gasteiger partial charge in [-0.1, -0.05) is 206 Å². The molecule has 0 amide bonds. The smallest absolute Gasteiger partial charge is 0.172 e. The van der Waals surface area contributed by atoms with Crippen LogP contribution in [0.4, 0.5) is 0 Å². The molecule has 7 aromatic rings. The van der Waals surface area contributed by atoms with E-state index in [2.05, 4.69) is 218 Å². The van der Waals surface area contributed by atoms with Gasteiger partial charge in [0, 0.05) is 6.20 Å². The SMILES string of the molecule is C(=C\[Si](c1ccccc1)(c1ccccc1)c1ccccc1)/c1ccc(/C=C/[Si](c2ccccc2)(c2ccccc2)c2ccccc2)nc1. The van der Waals surface area contributed by atoms with Crippen LogP contribution in [-0.4, -0.2) is 21.1 Å². The van der Waals surface area contributed by atoms with Gasteiger partial charge in [0.05, 0.1) is 5.69 Å². The van der Waals surface area contributed by atoms with E-state index in [1.165, 1.54) is 31.1 Å². The first-order valence-electron chi connectivity index (χ1n) is 16.5. The lowest BCUT2D eigenvalue weighted by molar-refractivity contribution is 1.29. The highest BCUT2D eigenvalue weighted by Crippen LogP contribution is 2.15. The van der Waals surface area contributed by atoms with Crippen LogP contribution in [0.3, 0.4) is 0 Å². The molecule has 7 rings (SSSR count). The molecular formula is C45H37NSi2. The minimum absolute atomic E-state index is 0.949. The zero-order valence-corrected chi connectivity index (χ0v) is 28.8. The summed E-state index contributed by atoms with van der Waals surface area (Å²) < 4.78 is 0. The molecular weight excluding hydrogens is 611 g/mol. The topological polar surface area (TPSA) is 12.9 Å². The summed E-state index contributed by atoms with van der Waals surface area (Å²) in [7, 11) is -4.99. The van der Waals surface area contributed by atoms with Crippen LogP contribution in [0.5, 0.6) is 0 Å². The standard InChI is InChI=1S/C45H37NSi2/c1-7-19-40(20-8-1)47(41-21-9-2-10-22-41,42-23-11-3-12-24-42)35-33-38-31-32-39(46-37-38)34-36-48(43-25-13-4-14-26-43,44-27-15-5-16-28-44)45-29-17-6-18-30-45/h1-37H/b35-33+,36-34+. The summed E-state index contributed by atoms with van der Waals surface area (Å²) >= 11 is 0. The molecule has 6 aromatic carbocycles. The highest BCUT2D eigenvalue weighted by Gasteiger charge is 2.38. The lowest BCUT2D eigenvalue weighted by Crippen LogP contribution is -2.66. The Kier molecular flexibility index (Phi) is 9.32. The Morgan fingerprint density at radius 2 is 0.604 bits per heavy atom. The summed E-state index contributed by atoms with van der Waals surface area (Å²) in [5.74, 6) is 0. The molecule has 0 N–H and O–H groups in total. The Labute approximate surface area is 286 Å². The van der Waals surface area contributed by atoms with Crippen LogP contribution in [0.2, 0.25) is 0 Å². The molecule has 0 aliphatic rings. The quantitative estimate of drug-likeness (QED) is 0.122. The van der Waals surface area contributed by atoms with E-state index in [4.69, 9.17) is 4.98 Å². The number of rotatable bonds is 10. The van der Waals surface area contributed by atoms with Crippen LogP contribution in [-0.2, 0) is 0 Å². The first-order chi connectivity index (χ1) is 23.8. The minimum Gasteiger partial charge on any atom is -0.256 e. The van der Waals surface area contributed by atoms with Crippen molar-refractivity contribution in [2.45, 2.75) is 0 Å². The number of hydrogen-bond donors (Lipinski definition) is 0. The van der Waals surface area contributed by atoms with E-state index in [1.807, 2.05) is 6.20 Å². The molecule has 230 valence electrons. The van der Waals surface area contributed by atoms with E-state index in [-0.39, 0.29) is 0 Å². The van der Waals surface area contributed by atoms with Gasteiger partial charge in [0.25, 0.3) is 0 Å². The van der Waals surface area contributed by atoms with Crippen molar-refractivity contribution in [3.63, 3.8) is 0 Å². The van der Waals surface area contributed by atoms with Gasteiger partial charge in [0.2, 0.25) is 0 Å². The second-order valence-corrected chi connectivity index (χ2v) is 19.4. The van der Waals surface area contributed by atoms with E-state index < -0.39 is 16.1 Å². The Hall–Kier alpha value is -5.62. The molecule has 0 aliphatic heterocycles. The number of nitrogens with zero attached hydrogens (tertiary/aromatic N) is 1. The molecule has 0 fully saturated rings. The second-order valence-electron chi connectivity index (χ2n) is 12.0. The summed E-state index contributed by atoms with van der Waals surface area (Å²) in [4.78, 5) is 4.98. The van der Waals surface area contributed by atoms with Gasteiger partial charge in [-0.15, -0.1) is 0 Å². The molecule has 3 heteroatoms. The first kappa shape index (κ1) is 31.0. The number of pyridine rings is 1. The molecule has 1 nitrogen and oxygen atoms in total. The lowest BCUT2D eigenvalue weighted by Gasteiger charge is -2.31. The fourth-order valence-corrected chi connectivity index (χ4v) is 15.2. The van der Waals surface area contributed by atoms with Crippen molar-refractivity contribution in [1.29, 1.82) is 0 Å². The van der Waals surface area contributed by atoms with Gasteiger partial charge in [0.15, 0.2) is 16.1 Å². The van der Waals surface area contributed by atoms with Crippen molar-refractivity contribution in [2.75, 3.05) is 0 Å². The normalized spacial score (nSPS) is 12.0. The minimum atomic E-state index is -2.50. The Balaban J connectivity index is 1.29. The zero-order chi connectivity index (χ0) is 32.5. The molecule has 0 saturated heterocycles. The van der Waals surface area contributed by atoms with Crippen LogP contribution in [0.15, 0.2) is 212 Å².